The highest BCUT2D eigenvalue weighted by Gasteiger charge is 2.30. The number of nitrogens with two attached hydrogens (primary N) is 1. The van der Waals surface area contributed by atoms with E-state index in [0.717, 1.165) is 48.1 Å². The molecule has 8 heteroatoms. The quantitative estimate of drug-likeness (QED) is 0.516. The van der Waals surface area contributed by atoms with Gasteiger partial charge in [-0.25, -0.2) is 18.4 Å². The first-order valence-electron chi connectivity index (χ1n) is 11.3. The van der Waals surface area contributed by atoms with Crippen molar-refractivity contribution in [2.75, 3.05) is 0 Å². The number of sulfonamides is 1. The van der Waals surface area contributed by atoms with Crippen molar-refractivity contribution in [2.45, 2.75) is 62.5 Å². The molecule has 1 aliphatic carbocycles. The molecule has 176 valence electrons. The maximum absolute atomic E-state index is 13.1. The Kier molecular flexibility index (Phi) is 6.79. The summed E-state index contributed by atoms with van der Waals surface area (Å²) in [6.45, 7) is 3.99. The average molecular weight is 488 g/mol. The van der Waals surface area contributed by atoms with Gasteiger partial charge in [0.2, 0.25) is 10.0 Å². The molecule has 2 aromatic heterocycles. The molecule has 3 N–H and O–H groups in total. The number of rotatable bonds is 5. The van der Waals surface area contributed by atoms with Gasteiger partial charge in [-0.05, 0) is 47.8 Å². The minimum Gasteiger partial charge on any atom is -0.507 e. The summed E-state index contributed by atoms with van der Waals surface area (Å²) in [6, 6.07) is 9.15. The predicted molar refractivity (Wildman–Crippen MR) is 130 cm³/mol. The van der Waals surface area contributed by atoms with Gasteiger partial charge in [-0.1, -0.05) is 51.0 Å². The summed E-state index contributed by atoms with van der Waals surface area (Å²) in [4.78, 5) is 13.1. The number of primary sulfonamides is 1. The van der Waals surface area contributed by atoms with E-state index in [-0.39, 0.29) is 21.4 Å². The van der Waals surface area contributed by atoms with Gasteiger partial charge in [0, 0.05) is 23.5 Å². The fourth-order valence-corrected chi connectivity index (χ4v) is 6.65. The summed E-state index contributed by atoms with van der Waals surface area (Å²) in [5, 5.41) is 18.4. The second kappa shape index (κ2) is 9.44. The monoisotopic (exact) mass is 487 g/mol. The van der Waals surface area contributed by atoms with Gasteiger partial charge in [-0.2, -0.15) is 0 Å². The van der Waals surface area contributed by atoms with Crippen molar-refractivity contribution in [3.8, 4) is 16.9 Å². The highest BCUT2D eigenvalue weighted by molar-refractivity contribution is 7.91. The van der Waals surface area contributed by atoms with Crippen molar-refractivity contribution in [1.82, 2.24) is 0 Å². The Labute approximate surface area is 198 Å². The Bertz CT molecular complexity index is 1320. The molecular weight excluding hydrogens is 458 g/mol. The average Bonchev–Trinajstić information content (AvgIpc) is 3.23. The van der Waals surface area contributed by atoms with E-state index >= 15 is 0 Å². The van der Waals surface area contributed by atoms with Gasteiger partial charge in [-0.3, -0.25) is 0 Å². The van der Waals surface area contributed by atoms with Gasteiger partial charge in [-0.15, -0.1) is 11.3 Å². The third-order valence-corrected chi connectivity index (χ3v) is 8.75. The number of thiophene rings is 1. The van der Waals surface area contributed by atoms with E-state index in [4.69, 9.17) is 9.56 Å². The maximum atomic E-state index is 13.1. The Balaban J connectivity index is 1.85. The summed E-state index contributed by atoms with van der Waals surface area (Å²) in [5.74, 6) is 0.232. The van der Waals surface area contributed by atoms with Crippen LogP contribution >= 0.6 is 11.3 Å². The lowest BCUT2D eigenvalue weighted by Gasteiger charge is -2.24. The van der Waals surface area contributed by atoms with E-state index in [1.807, 2.05) is 38.1 Å². The topological polar surface area (TPSA) is 111 Å². The molecule has 4 rings (SSSR count). The lowest BCUT2D eigenvalue weighted by molar-refractivity contribution is 0.376. The fraction of sp³-hybridized carbons (Fsp3) is 0.400. The molecule has 1 atom stereocenters. The van der Waals surface area contributed by atoms with Crippen LogP contribution in [0.2, 0.25) is 0 Å². The normalized spacial score (nSPS) is 15.6. The van der Waals surface area contributed by atoms with Crippen LogP contribution in [0.5, 0.6) is 5.75 Å². The minimum absolute atomic E-state index is 0.0131. The molecule has 1 aromatic carbocycles. The van der Waals surface area contributed by atoms with Gasteiger partial charge < -0.3 is 9.52 Å². The van der Waals surface area contributed by atoms with Gasteiger partial charge in [0.15, 0.2) is 0 Å². The summed E-state index contributed by atoms with van der Waals surface area (Å²) < 4.78 is 29.9. The summed E-state index contributed by atoms with van der Waals surface area (Å²) in [6.07, 6.45) is 5.43. The molecule has 1 aliphatic rings. The first kappa shape index (κ1) is 23.7. The molecule has 0 bridgehead atoms. The van der Waals surface area contributed by atoms with Crippen molar-refractivity contribution in [1.29, 1.82) is 0 Å². The van der Waals surface area contributed by atoms with Crippen molar-refractivity contribution in [3.63, 3.8) is 0 Å². The van der Waals surface area contributed by atoms with Crippen molar-refractivity contribution in [3.05, 3.63) is 68.6 Å². The maximum Gasteiger partial charge on any atom is 0.343 e. The van der Waals surface area contributed by atoms with E-state index < -0.39 is 21.6 Å². The lowest BCUT2D eigenvalue weighted by Crippen LogP contribution is -2.21. The van der Waals surface area contributed by atoms with E-state index in [1.54, 1.807) is 11.4 Å². The van der Waals surface area contributed by atoms with Crippen molar-refractivity contribution in [2.24, 2.45) is 11.1 Å². The van der Waals surface area contributed by atoms with Gasteiger partial charge >= 0.3 is 5.63 Å². The molecule has 2 heterocycles. The fourth-order valence-electron chi connectivity index (χ4n) is 4.81. The molecule has 33 heavy (non-hydrogen) atoms. The zero-order valence-electron chi connectivity index (χ0n) is 18.8. The van der Waals surface area contributed by atoms with Crippen LogP contribution in [0.4, 0.5) is 0 Å². The molecule has 0 fully saturated rings. The van der Waals surface area contributed by atoms with Crippen molar-refractivity contribution >= 4 is 21.4 Å². The number of aromatic hydroxyl groups is 1. The smallest absolute Gasteiger partial charge is 0.343 e. The molecule has 0 aliphatic heterocycles. The summed E-state index contributed by atoms with van der Waals surface area (Å²) in [5.41, 5.74) is 2.55. The highest BCUT2D eigenvalue weighted by Crippen LogP contribution is 2.40. The molecule has 0 saturated carbocycles. The SMILES string of the molecule is CC(C)C(c1cccc(-c2ccsc2S(N)(=O)=O)c1)c1c(O)c2c(oc1=O)CCCCCC2. The zero-order chi connectivity index (χ0) is 23.8. The Morgan fingerprint density at radius 1 is 1.09 bits per heavy atom. The van der Waals surface area contributed by atoms with Crippen LogP contribution in [0.3, 0.4) is 0 Å². The second-order valence-electron chi connectivity index (χ2n) is 8.98. The molecule has 1 unspecified atom stereocenters. The summed E-state index contributed by atoms with van der Waals surface area (Å²) >= 11 is 1.07. The lowest BCUT2D eigenvalue weighted by atomic mass is 9.81. The van der Waals surface area contributed by atoms with Crippen LogP contribution in [0.25, 0.3) is 11.1 Å². The van der Waals surface area contributed by atoms with Crippen LogP contribution in [-0.4, -0.2) is 13.5 Å². The predicted octanol–water partition coefficient (Wildman–Crippen LogP) is 5.17. The standard InChI is InChI=1S/C25H29NO5S2/c1-15(2)21(22-23(27)19-10-5-3-4-6-11-20(19)31-24(22)28)17-9-7-8-16(14-17)18-12-13-32-25(18)33(26,29)30/h7-9,12-15,21,27H,3-6,10-11H2,1-2H3,(H2,26,29,30). The number of fused-ring (bicyclic) bond motifs is 1. The molecule has 0 amide bonds. The number of benzene rings is 1. The first-order valence-corrected chi connectivity index (χ1v) is 13.7. The third-order valence-electron chi connectivity index (χ3n) is 6.32. The van der Waals surface area contributed by atoms with Crippen molar-refractivity contribution < 1.29 is 17.9 Å². The second-order valence-corrected chi connectivity index (χ2v) is 11.7. The van der Waals surface area contributed by atoms with Gasteiger partial charge in [0.1, 0.15) is 15.7 Å². The van der Waals surface area contributed by atoms with E-state index in [0.29, 0.717) is 29.7 Å². The highest BCUT2D eigenvalue weighted by atomic mass is 32.2. The minimum atomic E-state index is -3.86. The Morgan fingerprint density at radius 2 is 1.82 bits per heavy atom. The molecule has 6 nitrogen and oxygen atoms in total. The van der Waals surface area contributed by atoms with Crippen LogP contribution in [0.15, 0.2) is 49.1 Å². The largest absolute Gasteiger partial charge is 0.507 e. The molecule has 3 aromatic rings. The Morgan fingerprint density at radius 3 is 2.52 bits per heavy atom. The molecular formula is C25H29NO5S2. The van der Waals surface area contributed by atoms with E-state index in [9.17, 15) is 18.3 Å². The summed E-state index contributed by atoms with van der Waals surface area (Å²) in [7, 11) is -3.86. The Hall–Kier alpha value is -2.42. The van der Waals surface area contributed by atoms with E-state index in [1.165, 1.54) is 0 Å². The molecule has 0 saturated heterocycles. The van der Waals surface area contributed by atoms with Crippen LogP contribution in [-0.2, 0) is 22.9 Å². The van der Waals surface area contributed by atoms with Gasteiger partial charge in [0.05, 0.1) is 5.56 Å². The van der Waals surface area contributed by atoms with Gasteiger partial charge in [0.25, 0.3) is 0 Å². The molecule has 0 spiro atoms. The van der Waals surface area contributed by atoms with Crippen LogP contribution < -0.4 is 10.8 Å². The zero-order valence-corrected chi connectivity index (χ0v) is 20.5. The van der Waals surface area contributed by atoms with Crippen LogP contribution in [0, 0.1) is 5.92 Å². The third kappa shape index (κ3) is 4.78. The van der Waals surface area contributed by atoms with Crippen LogP contribution in [0.1, 0.15) is 67.9 Å². The molecule has 0 radical (unpaired) electrons. The number of hydrogen-bond donors (Lipinski definition) is 2. The van der Waals surface area contributed by atoms with E-state index in [2.05, 4.69) is 0 Å². The number of aryl methyl sites for hydroxylation is 1. The number of hydrogen-bond acceptors (Lipinski definition) is 6. The first-order chi connectivity index (χ1) is 15.7.